The van der Waals surface area contributed by atoms with E-state index < -0.39 is 0 Å². The molecule has 2 fully saturated rings. The van der Waals surface area contributed by atoms with E-state index in [1.54, 1.807) is 5.56 Å². The minimum absolute atomic E-state index is 0.831. The minimum Gasteiger partial charge on any atom is -0.385 e. The van der Waals surface area contributed by atoms with E-state index in [0.29, 0.717) is 0 Å². The van der Waals surface area contributed by atoms with Crippen LogP contribution >= 0.6 is 0 Å². The number of methoxy groups -OCH3 is 1. The summed E-state index contributed by atoms with van der Waals surface area (Å²) in [4.78, 5) is 2.62. The molecule has 0 spiro atoms. The molecule has 1 heterocycles. The molecule has 1 aromatic carbocycles. The lowest BCUT2D eigenvalue weighted by molar-refractivity contribution is 0.170. The lowest BCUT2D eigenvalue weighted by atomic mass is 9.79. The Bertz CT molecular complexity index is 419. The van der Waals surface area contributed by atoms with Gasteiger partial charge in [-0.3, -0.25) is 0 Å². The molecule has 1 saturated carbocycles. The lowest BCUT2D eigenvalue weighted by Gasteiger charge is -2.37. The van der Waals surface area contributed by atoms with Gasteiger partial charge in [0.25, 0.3) is 0 Å². The van der Waals surface area contributed by atoms with Gasteiger partial charge in [0.2, 0.25) is 0 Å². The van der Waals surface area contributed by atoms with Crippen molar-refractivity contribution in [3.05, 3.63) is 29.8 Å². The largest absolute Gasteiger partial charge is 0.385 e. The lowest BCUT2D eigenvalue weighted by Crippen LogP contribution is -2.35. The number of para-hydroxylation sites is 1. The number of nitrogens with zero attached hydrogens (tertiary/aromatic N) is 1. The Balaban J connectivity index is 1.63. The standard InChI is InChI=1S/C18H27NO/c1-20-14-11-15-9-12-19(13-10-15)18-8-3-2-7-17(18)16-5-4-6-16/h2-3,7-8,15-16H,4-6,9-14H2,1H3. The zero-order chi connectivity index (χ0) is 13.8. The second-order valence-corrected chi connectivity index (χ2v) is 6.40. The molecular weight excluding hydrogens is 246 g/mol. The normalized spacial score (nSPS) is 20.9. The quantitative estimate of drug-likeness (QED) is 0.797. The van der Waals surface area contributed by atoms with Crippen LogP contribution < -0.4 is 4.90 Å². The molecule has 2 heteroatoms. The van der Waals surface area contributed by atoms with Gasteiger partial charge in [0, 0.05) is 32.5 Å². The van der Waals surface area contributed by atoms with E-state index >= 15 is 0 Å². The van der Waals surface area contributed by atoms with Crippen molar-refractivity contribution in [1.29, 1.82) is 0 Å². The van der Waals surface area contributed by atoms with Crippen LogP contribution in [0.4, 0.5) is 5.69 Å². The Kier molecular flexibility index (Phi) is 4.62. The smallest absolute Gasteiger partial charge is 0.0464 e. The Labute approximate surface area is 123 Å². The van der Waals surface area contributed by atoms with E-state index in [4.69, 9.17) is 4.74 Å². The number of benzene rings is 1. The van der Waals surface area contributed by atoms with Crippen molar-refractivity contribution in [2.45, 2.75) is 44.4 Å². The first-order chi connectivity index (χ1) is 9.88. The SMILES string of the molecule is COCCC1CCN(c2ccccc2C2CCC2)CC1. The maximum Gasteiger partial charge on any atom is 0.0464 e. The highest BCUT2D eigenvalue weighted by atomic mass is 16.5. The summed E-state index contributed by atoms with van der Waals surface area (Å²) in [5.41, 5.74) is 3.12. The van der Waals surface area contributed by atoms with Crippen LogP contribution in [0, 0.1) is 5.92 Å². The third kappa shape index (κ3) is 3.01. The monoisotopic (exact) mass is 273 g/mol. The molecule has 0 radical (unpaired) electrons. The Morgan fingerprint density at radius 3 is 2.50 bits per heavy atom. The Morgan fingerprint density at radius 2 is 1.85 bits per heavy atom. The van der Waals surface area contributed by atoms with Crippen LogP contribution in [0.2, 0.25) is 0 Å². The highest BCUT2D eigenvalue weighted by molar-refractivity contribution is 5.56. The average molecular weight is 273 g/mol. The maximum absolute atomic E-state index is 5.22. The summed E-state index contributed by atoms with van der Waals surface area (Å²) in [6.07, 6.45) is 8.07. The van der Waals surface area contributed by atoms with Gasteiger partial charge in [-0.25, -0.2) is 0 Å². The molecule has 1 saturated heterocycles. The van der Waals surface area contributed by atoms with Crippen molar-refractivity contribution in [1.82, 2.24) is 0 Å². The fraction of sp³-hybridized carbons (Fsp3) is 0.667. The molecule has 1 aromatic rings. The summed E-state index contributed by atoms with van der Waals surface area (Å²) in [5, 5.41) is 0. The predicted octanol–water partition coefficient (Wildman–Crippen LogP) is 4.21. The highest BCUT2D eigenvalue weighted by Crippen LogP contribution is 2.41. The predicted molar refractivity (Wildman–Crippen MR) is 84.5 cm³/mol. The second-order valence-electron chi connectivity index (χ2n) is 6.40. The Morgan fingerprint density at radius 1 is 1.10 bits per heavy atom. The molecule has 0 N–H and O–H groups in total. The zero-order valence-corrected chi connectivity index (χ0v) is 12.7. The van der Waals surface area contributed by atoms with Gasteiger partial charge in [-0.1, -0.05) is 24.6 Å². The van der Waals surface area contributed by atoms with E-state index in [1.807, 2.05) is 7.11 Å². The first kappa shape index (κ1) is 13.9. The summed E-state index contributed by atoms with van der Waals surface area (Å²) in [7, 11) is 1.81. The summed E-state index contributed by atoms with van der Waals surface area (Å²) >= 11 is 0. The molecule has 2 aliphatic rings. The van der Waals surface area contributed by atoms with E-state index in [2.05, 4.69) is 29.2 Å². The van der Waals surface area contributed by atoms with Crippen LogP contribution in [0.5, 0.6) is 0 Å². The van der Waals surface area contributed by atoms with Crippen molar-refractivity contribution < 1.29 is 4.74 Å². The van der Waals surface area contributed by atoms with Crippen molar-refractivity contribution in [3.8, 4) is 0 Å². The molecule has 0 aromatic heterocycles. The van der Waals surface area contributed by atoms with Gasteiger partial charge in [0.15, 0.2) is 0 Å². The van der Waals surface area contributed by atoms with Gasteiger partial charge < -0.3 is 9.64 Å². The van der Waals surface area contributed by atoms with E-state index in [0.717, 1.165) is 18.4 Å². The second kappa shape index (κ2) is 6.62. The van der Waals surface area contributed by atoms with E-state index in [1.165, 1.54) is 57.3 Å². The molecule has 3 rings (SSSR count). The summed E-state index contributed by atoms with van der Waals surface area (Å²) < 4.78 is 5.22. The molecule has 0 atom stereocenters. The van der Waals surface area contributed by atoms with Crippen LogP contribution in [-0.2, 0) is 4.74 Å². The first-order valence-electron chi connectivity index (χ1n) is 8.21. The van der Waals surface area contributed by atoms with E-state index in [-0.39, 0.29) is 0 Å². The van der Waals surface area contributed by atoms with Crippen LogP contribution in [-0.4, -0.2) is 26.8 Å². The Hall–Kier alpha value is -1.02. The van der Waals surface area contributed by atoms with Crippen molar-refractivity contribution in [3.63, 3.8) is 0 Å². The number of anilines is 1. The summed E-state index contributed by atoms with van der Waals surface area (Å²) in [6, 6.07) is 9.11. The van der Waals surface area contributed by atoms with Gasteiger partial charge in [-0.05, 0) is 55.6 Å². The van der Waals surface area contributed by atoms with Crippen LogP contribution in [0.15, 0.2) is 24.3 Å². The number of piperidine rings is 1. The van der Waals surface area contributed by atoms with Gasteiger partial charge in [-0.2, -0.15) is 0 Å². The van der Waals surface area contributed by atoms with Crippen LogP contribution in [0.25, 0.3) is 0 Å². The summed E-state index contributed by atoms with van der Waals surface area (Å²) in [5.74, 6) is 1.69. The van der Waals surface area contributed by atoms with Gasteiger partial charge in [0.05, 0.1) is 0 Å². The van der Waals surface area contributed by atoms with Crippen LogP contribution in [0.3, 0.4) is 0 Å². The maximum atomic E-state index is 5.22. The average Bonchev–Trinajstić information content (AvgIpc) is 2.45. The molecule has 1 aliphatic carbocycles. The molecular formula is C18H27NO. The van der Waals surface area contributed by atoms with Gasteiger partial charge >= 0.3 is 0 Å². The van der Waals surface area contributed by atoms with Gasteiger partial charge in [0.1, 0.15) is 0 Å². The number of hydrogen-bond acceptors (Lipinski definition) is 2. The molecule has 0 unspecified atom stereocenters. The molecule has 0 bridgehead atoms. The molecule has 1 aliphatic heterocycles. The van der Waals surface area contributed by atoms with Gasteiger partial charge in [-0.15, -0.1) is 0 Å². The molecule has 0 amide bonds. The van der Waals surface area contributed by atoms with Crippen molar-refractivity contribution >= 4 is 5.69 Å². The van der Waals surface area contributed by atoms with Crippen molar-refractivity contribution in [2.24, 2.45) is 5.92 Å². The molecule has 110 valence electrons. The molecule has 20 heavy (non-hydrogen) atoms. The fourth-order valence-corrected chi connectivity index (χ4v) is 3.59. The number of hydrogen-bond donors (Lipinski definition) is 0. The minimum atomic E-state index is 0.831. The number of rotatable bonds is 5. The van der Waals surface area contributed by atoms with Crippen LogP contribution in [0.1, 0.15) is 50.0 Å². The highest BCUT2D eigenvalue weighted by Gasteiger charge is 2.26. The fourth-order valence-electron chi connectivity index (χ4n) is 3.59. The zero-order valence-electron chi connectivity index (χ0n) is 12.7. The van der Waals surface area contributed by atoms with E-state index in [9.17, 15) is 0 Å². The van der Waals surface area contributed by atoms with Crippen molar-refractivity contribution in [2.75, 3.05) is 31.7 Å². The third-order valence-electron chi connectivity index (χ3n) is 5.17. The summed E-state index contributed by atoms with van der Waals surface area (Å²) in [6.45, 7) is 3.36. The first-order valence-corrected chi connectivity index (χ1v) is 8.21. The number of ether oxygens (including phenoxy) is 1. The topological polar surface area (TPSA) is 12.5 Å². The third-order valence-corrected chi connectivity index (χ3v) is 5.17. The molecule has 2 nitrogen and oxygen atoms in total.